The van der Waals surface area contributed by atoms with Gasteiger partial charge < -0.3 is 14.8 Å². The summed E-state index contributed by atoms with van der Waals surface area (Å²) in [5.74, 6) is 0.627. The number of nitrogens with one attached hydrogen (secondary N) is 1. The molecule has 3 rings (SSSR count). The molecule has 1 N–H and O–H groups in total. The molecule has 1 unspecified atom stereocenters. The Hall–Kier alpha value is -2.54. The first-order valence-corrected chi connectivity index (χ1v) is 8.93. The summed E-state index contributed by atoms with van der Waals surface area (Å²) in [6.45, 7) is 0.241. The van der Waals surface area contributed by atoms with Gasteiger partial charge in [0.1, 0.15) is 12.7 Å². The van der Waals surface area contributed by atoms with Gasteiger partial charge in [-0.15, -0.1) is 0 Å². The number of rotatable bonds is 4. The molecule has 0 spiro atoms. The number of ether oxygens (including phenoxy) is 2. The molecule has 1 aliphatic rings. The van der Waals surface area contributed by atoms with Crippen molar-refractivity contribution in [3.8, 4) is 11.5 Å². The summed E-state index contributed by atoms with van der Waals surface area (Å²) in [5, 5.41) is 2.52. The van der Waals surface area contributed by atoms with E-state index in [9.17, 15) is 13.2 Å². The Morgan fingerprint density at radius 3 is 2.58 bits per heavy atom. The number of sulfone groups is 1. The molecule has 0 bridgehead atoms. The Bertz CT molecular complexity index is 849. The van der Waals surface area contributed by atoms with Crippen molar-refractivity contribution >= 4 is 15.7 Å². The smallest absolute Gasteiger partial charge is 0.223 e. The standard InChI is InChI=1S/C17H17NO5S/c1-18-17(19)9-12-11-22-15-8-7-14(10-16(15)23-12)24(20,21)13-5-3-2-4-6-13/h2-8,10,12H,9,11H2,1H3,(H,18,19). The van der Waals surface area contributed by atoms with Crippen molar-refractivity contribution in [1.82, 2.24) is 5.32 Å². The Labute approximate surface area is 140 Å². The molecular formula is C17H17NO5S. The average Bonchev–Trinajstić information content (AvgIpc) is 2.61. The number of benzene rings is 2. The van der Waals surface area contributed by atoms with Crippen LogP contribution in [-0.2, 0) is 14.6 Å². The Morgan fingerprint density at radius 1 is 1.12 bits per heavy atom. The maximum absolute atomic E-state index is 12.7. The van der Waals surface area contributed by atoms with E-state index >= 15 is 0 Å². The minimum atomic E-state index is -3.63. The molecule has 6 nitrogen and oxygen atoms in total. The largest absolute Gasteiger partial charge is 0.486 e. The van der Waals surface area contributed by atoms with Crippen LogP contribution in [0, 0.1) is 0 Å². The number of carbonyl (C=O) groups is 1. The van der Waals surface area contributed by atoms with Crippen LogP contribution < -0.4 is 14.8 Å². The van der Waals surface area contributed by atoms with Gasteiger partial charge in [-0.3, -0.25) is 4.79 Å². The third kappa shape index (κ3) is 3.21. The summed E-state index contributed by atoms with van der Waals surface area (Å²) in [6, 6.07) is 12.7. The number of hydrogen-bond donors (Lipinski definition) is 1. The summed E-state index contributed by atoms with van der Waals surface area (Å²) in [5.41, 5.74) is 0. The van der Waals surface area contributed by atoms with Crippen LogP contribution in [0.4, 0.5) is 0 Å². The minimum Gasteiger partial charge on any atom is -0.486 e. The van der Waals surface area contributed by atoms with Crippen LogP contribution in [0.3, 0.4) is 0 Å². The van der Waals surface area contributed by atoms with E-state index in [-0.39, 0.29) is 28.7 Å². The van der Waals surface area contributed by atoms with Crippen LogP contribution in [0.5, 0.6) is 11.5 Å². The number of amides is 1. The van der Waals surface area contributed by atoms with E-state index in [1.807, 2.05) is 0 Å². The van der Waals surface area contributed by atoms with E-state index in [0.29, 0.717) is 11.5 Å². The molecule has 0 radical (unpaired) electrons. The molecule has 2 aromatic rings. The van der Waals surface area contributed by atoms with Crippen LogP contribution in [0.15, 0.2) is 58.3 Å². The fourth-order valence-electron chi connectivity index (χ4n) is 2.41. The van der Waals surface area contributed by atoms with Crippen LogP contribution >= 0.6 is 0 Å². The molecule has 7 heteroatoms. The lowest BCUT2D eigenvalue weighted by molar-refractivity contribution is -0.122. The predicted molar refractivity (Wildman–Crippen MR) is 86.9 cm³/mol. The molecule has 0 aliphatic carbocycles. The molecule has 1 amide bonds. The molecule has 1 aliphatic heterocycles. The summed E-state index contributed by atoms with van der Waals surface area (Å²) in [7, 11) is -2.09. The van der Waals surface area contributed by atoms with E-state index in [1.165, 1.54) is 12.1 Å². The lowest BCUT2D eigenvalue weighted by Crippen LogP contribution is -2.34. The van der Waals surface area contributed by atoms with E-state index in [1.54, 1.807) is 43.4 Å². The van der Waals surface area contributed by atoms with Gasteiger partial charge >= 0.3 is 0 Å². The maximum atomic E-state index is 12.7. The predicted octanol–water partition coefficient (Wildman–Crippen LogP) is 1.80. The van der Waals surface area contributed by atoms with Crippen molar-refractivity contribution in [3.63, 3.8) is 0 Å². The molecule has 24 heavy (non-hydrogen) atoms. The molecule has 0 saturated heterocycles. The van der Waals surface area contributed by atoms with Crippen molar-refractivity contribution in [3.05, 3.63) is 48.5 Å². The van der Waals surface area contributed by atoms with E-state index < -0.39 is 15.9 Å². The fourth-order valence-corrected chi connectivity index (χ4v) is 3.71. The zero-order valence-electron chi connectivity index (χ0n) is 13.1. The molecule has 2 aromatic carbocycles. The lowest BCUT2D eigenvalue weighted by Gasteiger charge is -2.26. The highest BCUT2D eigenvalue weighted by Crippen LogP contribution is 2.35. The van der Waals surface area contributed by atoms with E-state index in [4.69, 9.17) is 9.47 Å². The summed E-state index contributed by atoms with van der Waals surface area (Å²) in [6.07, 6.45) is -0.307. The average molecular weight is 347 g/mol. The first-order valence-electron chi connectivity index (χ1n) is 7.45. The van der Waals surface area contributed by atoms with Crippen molar-refractivity contribution in [2.45, 2.75) is 22.3 Å². The molecule has 0 fully saturated rings. The van der Waals surface area contributed by atoms with Crippen LogP contribution in [0.2, 0.25) is 0 Å². The highest BCUT2D eigenvalue weighted by atomic mass is 32.2. The van der Waals surface area contributed by atoms with Crippen molar-refractivity contribution in [2.24, 2.45) is 0 Å². The van der Waals surface area contributed by atoms with Gasteiger partial charge in [0.2, 0.25) is 15.7 Å². The molecule has 0 saturated carbocycles. The van der Waals surface area contributed by atoms with Gasteiger partial charge in [-0.25, -0.2) is 8.42 Å². The second-order valence-electron chi connectivity index (χ2n) is 5.35. The highest BCUT2D eigenvalue weighted by Gasteiger charge is 2.26. The number of carbonyl (C=O) groups excluding carboxylic acids is 1. The maximum Gasteiger partial charge on any atom is 0.223 e. The van der Waals surface area contributed by atoms with Gasteiger partial charge in [-0.1, -0.05) is 18.2 Å². The third-order valence-electron chi connectivity index (χ3n) is 3.69. The molecule has 0 aromatic heterocycles. The monoisotopic (exact) mass is 347 g/mol. The van der Waals surface area contributed by atoms with Crippen LogP contribution in [0.25, 0.3) is 0 Å². The second-order valence-corrected chi connectivity index (χ2v) is 7.30. The molecule has 1 atom stereocenters. The van der Waals surface area contributed by atoms with E-state index in [2.05, 4.69) is 5.32 Å². The fraction of sp³-hybridized carbons (Fsp3) is 0.235. The van der Waals surface area contributed by atoms with Crippen molar-refractivity contribution in [2.75, 3.05) is 13.7 Å². The van der Waals surface area contributed by atoms with Crippen molar-refractivity contribution < 1.29 is 22.7 Å². The molecule has 1 heterocycles. The zero-order valence-corrected chi connectivity index (χ0v) is 13.9. The summed E-state index contributed by atoms with van der Waals surface area (Å²) in [4.78, 5) is 11.8. The summed E-state index contributed by atoms with van der Waals surface area (Å²) < 4.78 is 36.6. The highest BCUT2D eigenvalue weighted by molar-refractivity contribution is 7.91. The van der Waals surface area contributed by atoms with Gasteiger partial charge in [-0.2, -0.15) is 0 Å². The summed E-state index contributed by atoms with van der Waals surface area (Å²) >= 11 is 0. The minimum absolute atomic E-state index is 0.122. The third-order valence-corrected chi connectivity index (χ3v) is 5.46. The normalized spacial score (nSPS) is 16.5. The Balaban J connectivity index is 1.89. The van der Waals surface area contributed by atoms with Gasteiger partial charge in [0, 0.05) is 13.1 Å². The quantitative estimate of drug-likeness (QED) is 0.912. The first kappa shape index (κ1) is 16.3. The second kappa shape index (κ2) is 6.52. The van der Waals surface area contributed by atoms with Crippen molar-refractivity contribution in [1.29, 1.82) is 0 Å². The Morgan fingerprint density at radius 2 is 1.88 bits per heavy atom. The van der Waals surface area contributed by atoms with Gasteiger partial charge in [0.25, 0.3) is 0 Å². The molecular weight excluding hydrogens is 330 g/mol. The van der Waals surface area contributed by atoms with Crippen LogP contribution in [-0.4, -0.2) is 34.1 Å². The van der Waals surface area contributed by atoms with Gasteiger partial charge in [-0.05, 0) is 24.3 Å². The SMILES string of the molecule is CNC(=O)CC1COc2ccc(S(=O)(=O)c3ccccc3)cc2O1. The molecule has 126 valence electrons. The van der Waals surface area contributed by atoms with Crippen LogP contribution in [0.1, 0.15) is 6.42 Å². The topological polar surface area (TPSA) is 81.7 Å². The number of fused-ring (bicyclic) bond motifs is 1. The van der Waals surface area contributed by atoms with Gasteiger partial charge in [0.05, 0.1) is 16.2 Å². The zero-order chi connectivity index (χ0) is 17.2. The lowest BCUT2D eigenvalue weighted by atomic mass is 10.2. The van der Waals surface area contributed by atoms with E-state index in [0.717, 1.165) is 0 Å². The number of hydrogen-bond acceptors (Lipinski definition) is 5. The Kier molecular flexibility index (Phi) is 4.44. The van der Waals surface area contributed by atoms with Gasteiger partial charge in [0.15, 0.2) is 11.5 Å². The first-order chi connectivity index (χ1) is 11.5.